The number of hydrogen-bond acceptors (Lipinski definition) is 4. The van der Waals surface area contributed by atoms with Crippen LogP contribution in [0.2, 0.25) is 5.02 Å². The van der Waals surface area contributed by atoms with Crippen molar-refractivity contribution in [2.45, 2.75) is 38.6 Å². The van der Waals surface area contributed by atoms with Gasteiger partial charge in [-0.25, -0.2) is 0 Å². The minimum Gasteiger partial charge on any atom is -0.360 e. The second kappa shape index (κ2) is 5.90. The van der Waals surface area contributed by atoms with Gasteiger partial charge in [0, 0.05) is 11.4 Å². The maximum Gasteiger partial charge on any atom is 0.264 e. The zero-order chi connectivity index (χ0) is 16.8. The Hall–Kier alpha value is -1.85. The lowest BCUT2D eigenvalue weighted by Crippen LogP contribution is -2.31. The predicted octanol–water partition coefficient (Wildman–Crippen LogP) is 3.79. The predicted molar refractivity (Wildman–Crippen MR) is 95.6 cm³/mol. The van der Waals surface area contributed by atoms with Crippen molar-refractivity contribution in [1.29, 1.82) is 0 Å². The molecule has 0 spiro atoms. The number of benzene rings is 1. The Bertz CT molecular complexity index is 976. The molecular weight excluding hydrogens is 326 g/mol. The highest BCUT2D eigenvalue weighted by Gasteiger charge is 2.27. The lowest BCUT2D eigenvalue weighted by Gasteiger charge is -2.30. The zero-order valence-electron chi connectivity index (χ0n) is 13.6. The van der Waals surface area contributed by atoms with E-state index in [0.29, 0.717) is 34.1 Å². The molecule has 0 aliphatic heterocycles. The van der Waals surface area contributed by atoms with E-state index < -0.39 is 0 Å². The van der Waals surface area contributed by atoms with Crippen molar-refractivity contribution in [3.8, 4) is 0 Å². The molecule has 1 aliphatic carbocycles. The molecule has 6 heteroatoms. The van der Waals surface area contributed by atoms with Gasteiger partial charge in [-0.05, 0) is 50.8 Å². The summed E-state index contributed by atoms with van der Waals surface area (Å²) >= 11 is 6.45. The molecule has 0 saturated heterocycles. The monoisotopic (exact) mass is 345 g/mol. The summed E-state index contributed by atoms with van der Waals surface area (Å²) in [6, 6.07) is 5.78. The molecule has 2 heterocycles. The largest absolute Gasteiger partial charge is 0.360 e. The van der Waals surface area contributed by atoms with Crippen LogP contribution in [0.4, 0.5) is 0 Å². The molecule has 126 valence electrons. The van der Waals surface area contributed by atoms with E-state index in [0.717, 1.165) is 36.6 Å². The minimum absolute atomic E-state index is 0.0406. The molecule has 1 fully saturated rings. The van der Waals surface area contributed by atoms with E-state index >= 15 is 0 Å². The summed E-state index contributed by atoms with van der Waals surface area (Å²) in [4.78, 5) is 13.2. The maximum atomic E-state index is 13.2. The van der Waals surface area contributed by atoms with Gasteiger partial charge >= 0.3 is 0 Å². The number of hydrogen-bond donors (Lipinski definition) is 1. The van der Waals surface area contributed by atoms with Gasteiger partial charge in [-0.3, -0.25) is 4.79 Å². The summed E-state index contributed by atoms with van der Waals surface area (Å²) in [7, 11) is 0. The first-order valence-electron chi connectivity index (χ1n) is 8.40. The number of halogens is 1. The fraction of sp³-hybridized carbons (Fsp3) is 0.444. The lowest BCUT2D eigenvalue weighted by molar-refractivity contribution is 0.273. The first-order chi connectivity index (χ1) is 11.6. The highest BCUT2D eigenvalue weighted by Crippen LogP contribution is 2.36. The number of aromatic nitrogens is 2. The number of nitrogens with zero attached hydrogens (tertiary/aromatic N) is 2. The Morgan fingerprint density at radius 1 is 1.38 bits per heavy atom. The standard InChI is InChI=1S/C18H20ClN3O2/c1-10-15-17(21-24-10)16-13(19)6-3-7-14(16)22(18(15)23)12-5-2-4-11(8-12)9-20/h3,6-7,11-12H,2,4-5,8-9,20H2,1H3/t11-,12-/m1/s1. The second-order valence-corrected chi connectivity index (χ2v) is 7.10. The molecule has 4 rings (SSSR count). The summed E-state index contributed by atoms with van der Waals surface area (Å²) in [5.41, 5.74) is 7.23. The quantitative estimate of drug-likeness (QED) is 0.766. The van der Waals surface area contributed by atoms with E-state index in [1.165, 1.54) is 0 Å². The fourth-order valence-electron chi connectivity index (χ4n) is 4.05. The van der Waals surface area contributed by atoms with E-state index in [2.05, 4.69) is 5.16 Å². The summed E-state index contributed by atoms with van der Waals surface area (Å²) < 4.78 is 7.20. The lowest BCUT2D eigenvalue weighted by atomic mass is 9.85. The van der Waals surface area contributed by atoms with Crippen LogP contribution in [-0.4, -0.2) is 16.3 Å². The molecule has 1 aliphatic rings. The third-order valence-electron chi connectivity index (χ3n) is 5.24. The molecule has 0 unspecified atom stereocenters. The van der Waals surface area contributed by atoms with Gasteiger partial charge in [-0.15, -0.1) is 0 Å². The molecular formula is C18H20ClN3O2. The van der Waals surface area contributed by atoms with Crippen molar-refractivity contribution in [3.63, 3.8) is 0 Å². The Balaban J connectivity index is 2.06. The number of nitrogens with two attached hydrogens (primary N) is 1. The summed E-state index contributed by atoms with van der Waals surface area (Å²) in [5, 5.41) is 6.01. The topological polar surface area (TPSA) is 74.0 Å². The van der Waals surface area contributed by atoms with Crippen LogP contribution in [0.25, 0.3) is 21.8 Å². The van der Waals surface area contributed by atoms with Gasteiger partial charge < -0.3 is 14.8 Å². The van der Waals surface area contributed by atoms with Crippen LogP contribution in [-0.2, 0) is 0 Å². The first-order valence-corrected chi connectivity index (χ1v) is 8.78. The smallest absolute Gasteiger partial charge is 0.264 e. The van der Waals surface area contributed by atoms with Gasteiger partial charge in [0.25, 0.3) is 5.56 Å². The average Bonchev–Trinajstić information content (AvgIpc) is 2.97. The van der Waals surface area contributed by atoms with Crippen LogP contribution in [0, 0.1) is 12.8 Å². The number of pyridine rings is 1. The van der Waals surface area contributed by atoms with Crippen molar-refractivity contribution in [3.05, 3.63) is 39.3 Å². The molecule has 0 amide bonds. The second-order valence-electron chi connectivity index (χ2n) is 6.69. The Morgan fingerprint density at radius 2 is 2.21 bits per heavy atom. The average molecular weight is 346 g/mol. The van der Waals surface area contributed by atoms with E-state index in [4.69, 9.17) is 21.9 Å². The Morgan fingerprint density at radius 3 is 3.00 bits per heavy atom. The van der Waals surface area contributed by atoms with E-state index in [1.54, 1.807) is 6.92 Å². The number of aryl methyl sites for hydroxylation is 1. The van der Waals surface area contributed by atoms with E-state index in [9.17, 15) is 4.79 Å². The van der Waals surface area contributed by atoms with Gasteiger partial charge in [0.15, 0.2) is 0 Å². The molecule has 24 heavy (non-hydrogen) atoms. The van der Waals surface area contributed by atoms with Crippen molar-refractivity contribution in [2.75, 3.05) is 6.54 Å². The Kier molecular flexibility index (Phi) is 3.85. The maximum absolute atomic E-state index is 13.2. The molecule has 3 aromatic rings. The van der Waals surface area contributed by atoms with Crippen LogP contribution in [0.5, 0.6) is 0 Å². The van der Waals surface area contributed by atoms with Crippen LogP contribution in [0.1, 0.15) is 37.5 Å². The fourth-order valence-corrected chi connectivity index (χ4v) is 4.31. The van der Waals surface area contributed by atoms with Crippen molar-refractivity contribution in [1.82, 2.24) is 9.72 Å². The minimum atomic E-state index is -0.0406. The molecule has 1 aromatic carbocycles. The molecule has 0 radical (unpaired) electrons. The first kappa shape index (κ1) is 15.7. The molecule has 1 saturated carbocycles. The van der Waals surface area contributed by atoms with Crippen LogP contribution < -0.4 is 11.3 Å². The number of fused-ring (bicyclic) bond motifs is 3. The highest BCUT2D eigenvalue weighted by atomic mass is 35.5. The van der Waals surface area contributed by atoms with E-state index in [1.807, 2.05) is 22.8 Å². The van der Waals surface area contributed by atoms with Crippen molar-refractivity contribution in [2.24, 2.45) is 11.7 Å². The zero-order valence-corrected chi connectivity index (χ0v) is 14.3. The van der Waals surface area contributed by atoms with Crippen LogP contribution >= 0.6 is 11.6 Å². The van der Waals surface area contributed by atoms with Crippen molar-refractivity contribution >= 4 is 33.4 Å². The molecule has 2 N–H and O–H groups in total. The van der Waals surface area contributed by atoms with Crippen LogP contribution in [0.15, 0.2) is 27.5 Å². The highest BCUT2D eigenvalue weighted by molar-refractivity contribution is 6.37. The van der Waals surface area contributed by atoms with Gasteiger partial charge in [0.2, 0.25) is 0 Å². The third kappa shape index (κ3) is 2.26. The van der Waals surface area contributed by atoms with Gasteiger partial charge in [0.05, 0.1) is 10.5 Å². The van der Waals surface area contributed by atoms with Gasteiger partial charge in [-0.2, -0.15) is 0 Å². The molecule has 5 nitrogen and oxygen atoms in total. The molecule has 2 atom stereocenters. The normalized spacial score (nSPS) is 21.6. The Labute approximate surface area is 144 Å². The molecule has 2 aromatic heterocycles. The number of rotatable bonds is 2. The summed E-state index contributed by atoms with van der Waals surface area (Å²) in [5.74, 6) is 1.00. The van der Waals surface area contributed by atoms with Gasteiger partial charge in [-0.1, -0.05) is 29.2 Å². The van der Waals surface area contributed by atoms with Crippen LogP contribution in [0.3, 0.4) is 0 Å². The SMILES string of the molecule is Cc1onc2c1c(=O)n([C@@H]1CCC[C@@H](CN)C1)c1cccc(Cl)c21. The summed E-state index contributed by atoms with van der Waals surface area (Å²) in [6.07, 6.45) is 4.12. The van der Waals surface area contributed by atoms with E-state index in [-0.39, 0.29) is 11.6 Å². The van der Waals surface area contributed by atoms with Gasteiger partial charge in [0.1, 0.15) is 16.7 Å². The molecule has 0 bridgehead atoms. The summed E-state index contributed by atoms with van der Waals surface area (Å²) in [6.45, 7) is 2.44. The van der Waals surface area contributed by atoms with Crippen molar-refractivity contribution < 1.29 is 4.52 Å². The third-order valence-corrected chi connectivity index (χ3v) is 5.55.